The third kappa shape index (κ3) is 2.50. The normalized spacial score (nSPS) is 10.8. The fourth-order valence-electron chi connectivity index (χ4n) is 0.998. The van der Waals surface area contributed by atoms with Crippen molar-refractivity contribution in [3.05, 3.63) is 34.9 Å². The summed E-state index contributed by atoms with van der Waals surface area (Å²) in [6.45, 7) is 0. The van der Waals surface area contributed by atoms with Gasteiger partial charge in [0.2, 0.25) is 0 Å². The van der Waals surface area contributed by atoms with E-state index in [-0.39, 0.29) is 5.56 Å². The molecule has 0 heterocycles. The van der Waals surface area contributed by atoms with Crippen molar-refractivity contribution in [3.8, 4) is 12.3 Å². The molecule has 1 rings (SSSR count). The van der Waals surface area contributed by atoms with Crippen molar-refractivity contribution in [1.29, 1.82) is 0 Å². The number of rotatable bonds is 1. The van der Waals surface area contributed by atoms with E-state index in [1.165, 1.54) is 0 Å². The fourth-order valence-corrected chi connectivity index (χ4v) is 0.998. The van der Waals surface area contributed by atoms with Crippen molar-refractivity contribution in [3.63, 3.8) is 0 Å². The lowest BCUT2D eigenvalue weighted by Crippen LogP contribution is -2.08. The van der Waals surface area contributed by atoms with Crippen molar-refractivity contribution in [2.45, 2.75) is 6.18 Å². The van der Waals surface area contributed by atoms with Gasteiger partial charge >= 0.3 is 12.1 Å². The maximum absolute atomic E-state index is 12.3. The summed E-state index contributed by atoms with van der Waals surface area (Å²) in [5.41, 5.74) is -1.64. The average Bonchev–Trinajstić information content (AvgIpc) is 2.15. The molecular weight excluding hydrogens is 209 g/mol. The standard InChI is InChI=1S/C10H5F3O2/c1-2-6-3-7(9(14)15)5-8(4-6)10(11,12)13/h1,3-5H,(H,14,15). The van der Waals surface area contributed by atoms with Gasteiger partial charge in [-0.15, -0.1) is 6.42 Å². The minimum Gasteiger partial charge on any atom is -0.478 e. The monoisotopic (exact) mass is 214 g/mol. The summed E-state index contributed by atoms with van der Waals surface area (Å²) < 4.78 is 36.9. The van der Waals surface area contributed by atoms with E-state index in [0.717, 1.165) is 12.1 Å². The van der Waals surface area contributed by atoms with Gasteiger partial charge in [0.1, 0.15) is 0 Å². The summed E-state index contributed by atoms with van der Waals surface area (Å²) in [6.07, 6.45) is 0.321. The summed E-state index contributed by atoms with van der Waals surface area (Å²) in [5, 5.41) is 8.56. The molecule has 0 saturated heterocycles. The van der Waals surface area contributed by atoms with Crippen LogP contribution in [0.25, 0.3) is 0 Å². The van der Waals surface area contributed by atoms with E-state index in [4.69, 9.17) is 11.5 Å². The summed E-state index contributed by atoms with van der Waals surface area (Å²) in [7, 11) is 0. The van der Waals surface area contributed by atoms with E-state index in [1.807, 2.05) is 5.92 Å². The van der Waals surface area contributed by atoms with Gasteiger partial charge in [0, 0.05) is 5.56 Å². The molecule has 0 amide bonds. The van der Waals surface area contributed by atoms with Crippen LogP contribution < -0.4 is 0 Å². The van der Waals surface area contributed by atoms with E-state index >= 15 is 0 Å². The van der Waals surface area contributed by atoms with Crippen LogP contribution in [0.2, 0.25) is 0 Å². The first-order valence-corrected chi connectivity index (χ1v) is 3.77. The molecule has 0 spiro atoms. The first kappa shape index (κ1) is 11.1. The lowest BCUT2D eigenvalue weighted by atomic mass is 10.1. The number of hydrogen-bond acceptors (Lipinski definition) is 1. The number of carboxylic acids is 1. The van der Waals surface area contributed by atoms with E-state index < -0.39 is 23.3 Å². The molecule has 0 aliphatic heterocycles. The van der Waals surface area contributed by atoms with Gasteiger partial charge in [0.15, 0.2) is 0 Å². The molecular formula is C10H5F3O2. The summed E-state index contributed by atoms with van der Waals surface area (Å²) >= 11 is 0. The number of benzene rings is 1. The Morgan fingerprint density at radius 3 is 2.33 bits per heavy atom. The molecule has 0 aromatic heterocycles. The highest BCUT2D eigenvalue weighted by atomic mass is 19.4. The highest BCUT2D eigenvalue weighted by Crippen LogP contribution is 2.30. The molecule has 1 aromatic rings. The number of terminal acetylenes is 1. The van der Waals surface area contributed by atoms with Gasteiger partial charge in [-0.2, -0.15) is 13.2 Å². The van der Waals surface area contributed by atoms with Crippen molar-refractivity contribution in [2.24, 2.45) is 0 Å². The quantitative estimate of drug-likeness (QED) is 0.728. The van der Waals surface area contributed by atoms with Crippen LogP contribution in [0.1, 0.15) is 21.5 Å². The molecule has 1 aromatic carbocycles. The second-order valence-electron chi connectivity index (χ2n) is 2.75. The molecule has 2 nitrogen and oxygen atoms in total. The van der Waals surface area contributed by atoms with Gasteiger partial charge < -0.3 is 5.11 Å². The van der Waals surface area contributed by atoms with Crippen LogP contribution in [0, 0.1) is 12.3 Å². The number of alkyl halides is 3. The lowest BCUT2D eigenvalue weighted by molar-refractivity contribution is -0.137. The Hall–Kier alpha value is -1.96. The predicted molar refractivity (Wildman–Crippen MR) is 46.3 cm³/mol. The lowest BCUT2D eigenvalue weighted by Gasteiger charge is -2.08. The Balaban J connectivity index is 3.38. The molecule has 0 bridgehead atoms. The van der Waals surface area contributed by atoms with E-state index in [1.54, 1.807) is 0 Å². The van der Waals surface area contributed by atoms with Crippen molar-refractivity contribution < 1.29 is 23.1 Å². The Morgan fingerprint density at radius 1 is 1.33 bits per heavy atom. The minimum absolute atomic E-state index is 0.109. The zero-order valence-corrected chi connectivity index (χ0v) is 7.30. The predicted octanol–water partition coefficient (Wildman–Crippen LogP) is 2.38. The minimum atomic E-state index is -4.60. The molecule has 15 heavy (non-hydrogen) atoms. The van der Waals surface area contributed by atoms with Crippen molar-refractivity contribution in [2.75, 3.05) is 0 Å². The molecule has 0 saturated carbocycles. The summed E-state index contributed by atoms with van der Waals surface area (Å²) in [4.78, 5) is 10.5. The molecule has 0 aliphatic rings. The van der Waals surface area contributed by atoms with E-state index in [0.29, 0.717) is 6.07 Å². The van der Waals surface area contributed by atoms with Gasteiger partial charge in [-0.25, -0.2) is 4.79 Å². The van der Waals surface area contributed by atoms with Gasteiger partial charge in [0.25, 0.3) is 0 Å². The molecule has 0 aliphatic carbocycles. The molecule has 78 valence electrons. The number of aromatic carboxylic acids is 1. The molecule has 1 N–H and O–H groups in total. The zero-order chi connectivity index (χ0) is 11.6. The average molecular weight is 214 g/mol. The highest BCUT2D eigenvalue weighted by Gasteiger charge is 2.31. The second kappa shape index (κ2) is 3.65. The van der Waals surface area contributed by atoms with Crippen LogP contribution >= 0.6 is 0 Å². The third-order valence-electron chi connectivity index (χ3n) is 1.67. The molecule has 5 heteroatoms. The molecule has 0 atom stereocenters. The van der Waals surface area contributed by atoms with Crippen LogP contribution in [-0.4, -0.2) is 11.1 Å². The number of carbonyl (C=O) groups is 1. The Bertz CT molecular complexity index is 441. The van der Waals surface area contributed by atoms with E-state index in [2.05, 4.69) is 0 Å². The maximum atomic E-state index is 12.3. The van der Waals surface area contributed by atoms with Gasteiger partial charge in [0.05, 0.1) is 11.1 Å². The fraction of sp³-hybridized carbons (Fsp3) is 0.100. The Kier molecular flexibility index (Phi) is 2.71. The molecule has 0 fully saturated rings. The maximum Gasteiger partial charge on any atom is 0.416 e. The summed E-state index contributed by atoms with van der Waals surface area (Å²) in [6, 6.07) is 2.28. The van der Waals surface area contributed by atoms with Crippen LogP contribution in [0.4, 0.5) is 13.2 Å². The van der Waals surface area contributed by atoms with Gasteiger partial charge in [-0.3, -0.25) is 0 Å². The van der Waals surface area contributed by atoms with Crippen molar-refractivity contribution in [1.82, 2.24) is 0 Å². The number of halogens is 3. The van der Waals surface area contributed by atoms with Gasteiger partial charge in [-0.1, -0.05) is 5.92 Å². The molecule has 0 radical (unpaired) electrons. The van der Waals surface area contributed by atoms with Crippen molar-refractivity contribution >= 4 is 5.97 Å². The van der Waals surface area contributed by atoms with Gasteiger partial charge in [-0.05, 0) is 18.2 Å². The largest absolute Gasteiger partial charge is 0.478 e. The molecule has 0 unspecified atom stereocenters. The van der Waals surface area contributed by atoms with E-state index in [9.17, 15) is 18.0 Å². The second-order valence-corrected chi connectivity index (χ2v) is 2.75. The number of carboxylic acid groups (broad SMARTS) is 1. The van der Waals surface area contributed by atoms with Crippen LogP contribution in [0.5, 0.6) is 0 Å². The smallest absolute Gasteiger partial charge is 0.416 e. The first-order valence-electron chi connectivity index (χ1n) is 3.77. The highest BCUT2D eigenvalue weighted by molar-refractivity contribution is 5.88. The van der Waals surface area contributed by atoms with Crippen LogP contribution in [0.3, 0.4) is 0 Å². The topological polar surface area (TPSA) is 37.3 Å². The number of hydrogen-bond donors (Lipinski definition) is 1. The summed E-state index contributed by atoms with van der Waals surface area (Å²) in [5.74, 6) is 0.525. The van der Waals surface area contributed by atoms with Crippen LogP contribution in [-0.2, 0) is 6.18 Å². The van der Waals surface area contributed by atoms with Crippen LogP contribution in [0.15, 0.2) is 18.2 Å². The Labute approximate surface area is 83.3 Å². The Morgan fingerprint density at radius 2 is 1.93 bits per heavy atom. The third-order valence-corrected chi connectivity index (χ3v) is 1.67. The zero-order valence-electron chi connectivity index (χ0n) is 7.30. The SMILES string of the molecule is C#Cc1cc(C(=O)O)cc(C(F)(F)F)c1. The first-order chi connectivity index (χ1) is 6.84.